The van der Waals surface area contributed by atoms with Crippen molar-refractivity contribution in [3.05, 3.63) is 54.0 Å². The number of anilines is 1. The molecule has 3 aromatic rings. The SMILES string of the molecule is CC(C)(C)[Si](C)(C)OCCN(CCc1c[nH]c2ccccc12)CC1CCN(c2ncc(C(=O)NOC3CCCCO3)cn2)CC1. The zero-order valence-corrected chi connectivity index (χ0v) is 28.8. The number of hydroxylamine groups is 1. The molecular formula is C34H52N6O4Si. The van der Waals surface area contributed by atoms with Crippen molar-refractivity contribution in [2.45, 2.75) is 83.7 Å². The van der Waals surface area contributed by atoms with Crippen molar-refractivity contribution in [1.82, 2.24) is 25.3 Å². The van der Waals surface area contributed by atoms with Gasteiger partial charge >= 0.3 is 0 Å². The second kappa shape index (κ2) is 15.2. The van der Waals surface area contributed by atoms with Crippen LogP contribution in [-0.4, -0.2) is 86.3 Å². The van der Waals surface area contributed by atoms with Crippen LogP contribution in [0.15, 0.2) is 42.9 Å². The Morgan fingerprint density at radius 2 is 1.87 bits per heavy atom. The molecule has 2 saturated heterocycles. The first-order valence-electron chi connectivity index (χ1n) is 16.6. The summed E-state index contributed by atoms with van der Waals surface area (Å²) in [5.74, 6) is 0.904. The van der Waals surface area contributed by atoms with Crippen molar-refractivity contribution in [1.29, 1.82) is 0 Å². The number of amides is 1. The van der Waals surface area contributed by atoms with Crippen LogP contribution in [0.3, 0.4) is 0 Å². The van der Waals surface area contributed by atoms with Crippen molar-refractivity contribution < 1.29 is 18.8 Å². The van der Waals surface area contributed by atoms with Crippen LogP contribution >= 0.6 is 0 Å². The third-order valence-corrected chi connectivity index (χ3v) is 14.3. The second-order valence-corrected chi connectivity index (χ2v) is 18.9. The lowest BCUT2D eigenvalue weighted by atomic mass is 9.96. The Labute approximate surface area is 269 Å². The number of fused-ring (bicyclic) bond motifs is 1. The number of H-pyrrole nitrogens is 1. The van der Waals surface area contributed by atoms with Gasteiger partial charge in [-0.25, -0.2) is 20.3 Å². The van der Waals surface area contributed by atoms with Crippen LogP contribution in [0.1, 0.15) is 68.8 Å². The topological polar surface area (TPSA) is 105 Å². The van der Waals surface area contributed by atoms with E-state index >= 15 is 0 Å². The van der Waals surface area contributed by atoms with Gasteiger partial charge in [-0.05, 0) is 67.8 Å². The average Bonchev–Trinajstić information content (AvgIpc) is 3.46. The molecule has 5 rings (SSSR count). The molecule has 1 aromatic carbocycles. The minimum Gasteiger partial charge on any atom is -0.416 e. The quantitative estimate of drug-likeness (QED) is 0.176. The Morgan fingerprint density at radius 1 is 1.11 bits per heavy atom. The maximum atomic E-state index is 12.5. The van der Waals surface area contributed by atoms with Gasteiger partial charge in [0, 0.05) is 81.9 Å². The maximum Gasteiger partial charge on any atom is 0.278 e. The lowest BCUT2D eigenvalue weighted by Gasteiger charge is -2.38. The summed E-state index contributed by atoms with van der Waals surface area (Å²) >= 11 is 0. The van der Waals surface area contributed by atoms with E-state index in [-0.39, 0.29) is 10.9 Å². The molecule has 0 bridgehead atoms. The molecule has 0 spiro atoms. The number of benzene rings is 1. The van der Waals surface area contributed by atoms with E-state index in [1.807, 2.05) is 0 Å². The highest BCUT2D eigenvalue weighted by molar-refractivity contribution is 6.74. The van der Waals surface area contributed by atoms with Gasteiger partial charge in [0.1, 0.15) is 0 Å². The van der Waals surface area contributed by atoms with Crippen LogP contribution in [0, 0.1) is 5.92 Å². The molecule has 1 amide bonds. The lowest BCUT2D eigenvalue weighted by molar-refractivity contribution is -0.186. The highest BCUT2D eigenvalue weighted by Gasteiger charge is 2.37. The van der Waals surface area contributed by atoms with Crippen LogP contribution < -0.4 is 10.4 Å². The third kappa shape index (κ3) is 9.13. The molecule has 0 radical (unpaired) electrons. The van der Waals surface area contributed by atoms with E-state index in [1.54, 1.807) is 12.4 Å². The molecular weight excluding hydrogens is 584 g/mol. The number of para-hydroxylation sites is 1. The average molecular weight is 637 g/mol. The minimum atomic E-state index is -1.80. The number of nitrogens with one attached hydrogen (secondary N) is 2. The van der Waals surface area contributed by atoms with Gasteiger partial charge in [0.05, 0.1) is 5.56 Å². The molecule has 2 aromatic heterocycles. The summed E-state index contributed by atoms with van der Waals surface area (Å²) in [7, 11) is -1.80. The number of carbonyl (C=O) groups is 1. The van der Waals surface area contributed by atoms with Crippen LogP contribution in [0.5, 0.6) is 0 Å². The normalized spacial score (nSPS) is 18.5. The molecule has 10 nitrogen and oxygen atoms in total. The van der Waals surface area contributed by atoms with Crippen molar-refractivity contribution in [3.63, 3.8) is 0 Å². The highest BCUT2D eigenvalue weighted by Crippen LogP contribution is 2.36. The van der Waals surface area contributed by atoms with Crippen molar-refractivity contribution >= 4 is 31.1 Å². The molecule has 45 heavy (non-hydrogen) atoms. The molecule has 246 valence electrons. The zero-order valence-electron chi connectivity index (χ0n) is 27.8. The van der Waals surface area contributed by atoms with Gasteiger partial charge in [-0.1, -0.05) is 39.0 Å². The molecule has 2 aliphatic heterocycles. The maximum absolute atomic E-state index is 12.5. The highest BCUT2D eigenvalue weighted by atomic mass is 28.4. The zero-order chi connectivity index (χ0) is 31.9. The number of ether oxygens (including phenoxy) is 1. The van der Waals surface area contributed by atoms with Gasteiger partial charge < -0.3 is 23.9 Å². The van der Waals surface area contributed by atoms with Crippen LogP contribution in [0.25, 0.3) is 10.9 Å². The summed E-state index contributed by atoms with van der Waals surface area (Å²) in [5, 5.41) is 1.52. The second-order valence-electron chi connectivity index (χ2n) is 14.1. The van der Waals surface area contributed by atoms with Crippen molar-refractivity contribution in [2.24, 2.45) is 5.92 Å². The van der Waals surface area contributed by atoms with Gasteiger partial charge in [-0.3, -0.25) is 4.79 Å². The summed E-state index contributed by atoms with van der Waals surface area (Å²) < 4.78 is 12.1. The number of nitrogens with zero attached hydrogens (tertiary/aromatic N) is 4. The number of aromatic nitrogens is 3. The number of hydrogen-bond donors (Lipinski definition) is 2. The summed E-state index contributed by atoms with van der Waals surface area (Å²) in [5.41, 5.74) is 5.42. The Bertz CT molecular complexity index is 1360. The van der Waals surface area contributed by atoms with Crippen LogP contribution in [-0.2, 0) is 20.4 Å². The van der Waals surface area contributed by atoms with Gasteiger partial charge in [0.15, 0.2) is 14.6 Å². The van der Waals surface area contributed by atoms with E-state index in [0.717, 1.165) is 77.9 Å². The van der Waals surface area contributed by atoms with E-state index in [2.05, 4.69) is 94.6 Å². The smallest absolute Gasteiger partial charge is 0.278 e. The fourth-order valence-corrected chi connectivity index (χ4v) is 6.86. The predicted molar refractivity (Wildman–Crippen MR) is 181 cm³/mol. The predicted octanol–water partition coefficient (Wildman–Crippen LogP) is 5.93. The molecule has 4 heterocycles. The monoisotopic (exact) mass is 636 g/mol. The van der Waals surface area contributed by atoms with Gasteiger partial charge in [-0.2, -0.15) is 0 Å². The van der Waals surface area contributed by atoms with E-state index in [1.165, 1.54) is 16.5 Å². The number of hydrogen-bond acceptors (Lipinski definition) is 8. The Kier molecular flexibility index (Phi) is 11.3. The summed E-state index contributed by atoms with van der Waals surface area (Å²) in [6.45, 7) is 17.8. The molecule has 0 saturated carbocycles. The molecule has 2 N–H and O–H groups in total. The van der Waals surface area contributed by atoms with Gasteiger partial charge in [-0.15, -0.1) is 0 Å². The first-order valence-corrected chi connectivity index (χ1v) is 19.6. The van der Waals surface area contributed by atoms with Crippen LogP contribution in [0.4, 0.5) is 5.95 Å². The molecule has 0 aliphatic carbocycles. The van der Waals surface area contributed by atoms with Gasteiger partial charge in [0.25, 0.3) is 5.91 Å². The number of rotatable bonds is 13. The van der Waals surface area contributed by atoms with E-state index < -0.39 is 14.6 Å². The van der Waals surface area contributed by atoms with Crippen molar-refractivity contribution in [3.8, 4) is 0 Å². The largest absolute Gasteiger partial charge is 0.416 e. The third-order valence-electron chi connectivity index (χ3n) is 9.78. The molecule has 2 fully saturated rings. The Hall–Kier alpha value is -2.83. The molecule has 1 atom stereocenters. The molecule has 11 heteroatoms. The van der Waals surface area contributed by atoms with Gasteiger partial charge in [0.2, 0.25) is 5.95 Å². The summed E-state index contributed by atoms with van der Waals surface area (Å²) in [6, 6.07) is 8.56. The van der Waals surface area contributed by atoms with Crippen molar-refractivity contribution in [2.75, 3.05) is 50.8 Å². The van der Waals surface area contributed by atoms with E-state index in [4.69, 9.17) is 14.0 Å². The number of piperidine rings is 1. The summed E-state index contributed by atoms with van der Waals surface area (Å²) in [6.07, 6.45) is 10.9. The van der Waals surface area contributed by atoms with E-state index in [0.29, 0.717) is 24.0 Å². The molecule has 1 unspecified atom stereocenters. The van der Waals surface area contributed by atoms with Crippen LogP contribution in [0.2, 0.25) is 18.1 Å². The van der Waals surface area contributed by atoms with E-state index in [9.17, 15) is 4.79 Å². The Balaban J connectivity index is 1.12. The Morgan fingerprint density at radius 3 is 2.58 bits per heavy atom. The standard InChI is InChI=1S/C34H52N6O4Si/c1-34(2,3)45(4,5)43-21-19-39(16-15-27-22-35-30-11-7-6-10-29(27)30)25-26-13-17-40(18-14-26)33-36-23-28(24-37-33)32(41)38-44-31-12-8-9-20-42-31/h6-7,10-11,22-24,26,31,35H,8-9,12-21,25H2,1-5H3,(H,38,41). The number of aromatic amines is 1. The first kappa shape index (κ1) is 33.5. The fourth-order valence-electron chi connectivity index (χ4n) is 5.82. The minimum absolute atomic E-state index is 0.205. The molecule has 2 aliphatic rings. The lowest BCUT2D eigenvalue weighted by Crippen LogP contribution is -2.44. The first-order chi connectivity index (χ1) is 21.6. The fraction of sp³-hybridized carbons (Fsp3) is 0.618. The summed E-state index contributed by atoms with van der Waals surface area (Å²) in [4.78, 5) is 35.2. The number of carbonyl (C=O) groups excluding carboxylic acids is 1.